The van der Waals surface area contributed by atoms with Crippen LogP contribution in [0.3, 0.4) is 0 Å². The molecule has 0 N–H and O–H groups in total. The van der Waals surface area contributed by atoms with E-state index in [1.165, 1.54) is 16.4 Å². The number of aromatic nitrogens is 2. The monoisotopic (exact) mass is 438 g/mol. The number of aryl methyl sites for hydroxylation is 1. The first-order valence-electron chi connectivity index (χ1n) is 9.75. The van der Waals surface area contributed by atoms with Crippen molar-refractivity contribution in [3.63, 3.8) is 0 Å². The average Bonchev–Trinajstić information content (AvgIpc) is 3.09. The lowest BCUT2D eigenvalue weighted by molar-refractivity contribution is 0.355. The quantitative estimate of drug-likeness (QED) is 0.607. The minimum atomic E-state index is -3.73. The third-order valence-corrected chi connectivity index (χ3v) is 7.10. The van der Waals surface area contributed by atoms with E-state index < -0.39 is 10.0 Å². The van der Waals surface area contributed by atoms with Gasteiger partial charge in [-0.2, -0.15) is 14.7 Å². The molecule has 31 heavy (non-hydrogen) atoms. The van der Waals surface area contributed by atoms with Crippen LogP contribution in [0, 0.1) is 11.3 Å². The molecule has 4 rings (SSSR count). The van der Waals surface area contributed by atoms with Crippen molar-refractivity contribution in [2.75, 3.05) is 20.8 Å². The predicted molar refractivity (Wildman–Crippen MR) is 114 cm³/mol. The Morgan fingerprint density at radius 2 is 1.84 bits per heavy atom. The van der Waals surface area contributed by atoms with Gasteiger partial charge in [0.25, 0.3) is 0 Å². The second-order valence-electron chi connectivity index (χ2n) is 7.15. The Bertz CT molecular complexity index is 1260. The lowest BCUT2D eigenvalue weighted by Crippen LogP contribution is -2.30. The highest BCUT2D eigenvalue weighted by Gasteiger charge is 2.28. The van der Waals surface area contributed by atoms with Gasteiger partial charge >= 0.3 is 0 Å². The number of methoxy groups -OCH3 is 2. The largest absolute Gasteiger partial charge is 0.493 e. The molecule has 2 heterocycles. The van der Waals surface area contributed by atoms with E-state index in [9.17, 15) is 8.42 Å². The van der Waals surface area contributed by atoms with Crippen LogP contribution in [-0.4, -0.2) is 43.3 Å². The number of benzene rings is 2. The van der Waals surface area contributed by atoms with Gasteiger partial charge in [-0.25, -0.2) is 8.42 Å². The van der Waals surface area contributed by atoms with Crippen molar-refractivity contribution in [3.8, 4) is 28.8 Å². The summed E-state index contributed by atoms with van der Waals surface area (Å²) in [6.45, 7) is 1.21. The van der Waals surface area contributed by atoms with E-state index in [1.54, 1.807) is 26.4 Å². The molecular weight excluding hydrogens is 416 g/mol. The van der Waals surface area contributed by atoms with Gasteiger partial charge in [0.15, 0.2) is 11.5 Å². The van der Waals surface area contributed by atoms with Crippen molar-refractivity contribution >= 4 is 10.0 Å². The number of ether oxygens (including phenoxy) is 2. The van der Waals surface area contributed by atoms with Crippen molar-refractivity contribution in [2.45, 2.75) is 24.4 Å². The molecule has 0 spiro atoms. The second-order valence-corrected chi connectivity index (χ2v) is 9.08. The zero-order valence-corrected chi connectivity index (χ0v) is 18.1. The van der Waals surface area contributed by atoms with Crippen molar-refractivity contribution in [1.29, 1.82) is 5.26 Å². The number of nitriles is 1. The van der Waals surface area contributed by atoms with Gasteiger partial charge in [0.2, 0.25) is 10.0 Å². The van der Waals surface area contributed by atoms with Gasteiger partial charge in [0, 0.05) is 18.7 Å². The van der Waals surface area contributed by atoms with Gasteiger partial charge < -0.3 is 9.47 Å². The van der Waals surface area contributed by atoms with Crippen LogP contribution in [0.5, 0.6) is 11.5 Å². The van der Waals surface area contributed by atoms with Gasteiger partial charge in [-0.05, 0) is 48.9 Å². The Morgan fingerprint density at radius 3 is 2.58 bits per heavy atom. The van der Waals surface area contributed by atoms with Gasteiger partial charge in [0.1, 0.15) is 0 Å². The van der Waals surface area contributed by atoms with Gasteiger partial charge in [-0.1, -0.05) is 6.07 Å². The predicted octanol–water partition coefficient (Wildman–Crippen LogP) is 3.03. The minimum absolute atomic E-state index is 0.125. The Morgan fingerprint density at radius 1 is 1.03 bits per heavy atom. The smallest absolute Gasteiger partial charge is 0.243 e. The molecule has 0 saturated carbocycles. The number of hydrogen-bond acceptors (Lipinski definition) is 6. The maximum absolute atomic E-state index is 13.2. The molecule has 0 amide bonds. The molecule has 0 atom stereocenters. The van der Waals surface area contributed by atoms with E-state index >= 15 is 0 Å². The topological polar surface area (TPSA) is 97.5 Å². The highest BCUT2D eigenvalue weighted by molar-refractivity contribution is 7.89. The summed E-state index contributed by atoms with van der Waals surface area (Å²) in [7, 11) is -0.573. The van der Waals surface area contributed by atoms with E-state index in [0.717, 1.165) is 17.0 Å². The lowest BCUT2D eigenvalue weighted by Gasteiger charge is -2.19. The van der Waals surface area contributed by atoms with Crippen molar-refractivity contribution in [1.82, 2.24) is 14.1 Å². The molecule has 160 valence electrons. The summed E-state index contributed by atoms with van der Waals surface area (Å²) in [6.07, 6.45) is 0.636. The summed E-state index contributed by atoms with van der Waals surface area (Å²) in [4.78, 5) is 0.125. The summed E-state index contributed by atoms with van der Waals surface area (Å²) >= 11 is 0. The first-order chi connectivity index (χ1) is 15.0. The highest BCUT2D eigenvalue weighted by Crippen LogP contribution is 2.33. The molecule has 8 nitrogen and oxygen atoms in total. The number of nitrogens with zero attached hydrogens (tertiary/aromatic N) is 4. The van der Waals surface area contributed by atoms with Crippen LogP contribution >= 0.6 is 0 Å². The molecular formula is C22H22N4O4S. The number of rotatable bonds is 5. The molecule has 0 radical (unpaired) electrons. The Balaban J connectivity index is 1.66. The summed E-state index contributed by atoms with van der Waals surface area (Å²) in [5.74, 6) is 1.23. The summed E-state index contributed by atoms with van der Waals surface area (Å²) < 4.78 is 40.4. The van der Waals surface area contributed by atoms with E-state index in [2.05, 4.69) is 5.10 Å². The van der Waals surface area contributed by atoms with Crippen LogP contribution in [-0.2, 0) is 23.1 Å². The van der Waals surface area contributed by atoms with Crippen molar-refractivity contribution in [2.24, 2.45) is 0 Å². The highest BCUT2D eigenvalue weighted by atomic mass is 32.2. The summed E-state index contributed by atoms with van der Waals surface area (Å²) in [5.41, 5.74) is 2.72. The molecule has 3 aromatic rings. The van der Waals surface area contributed by atoms with E-state index in [0.29, 0.717) is 36.6 Å². The standard InChI is InChI=1S/C22H22N4O4S/c1-29-21-8-7-17(12-22(21)30-2)20-13-18-15-25(9-4-10-26(18)24-20)31(27,28)19-6-3-5-16(11-19)14-23/h3,5-8,11-13H,4,9-10,15H2,1-2H3. The maximum atomic E-state index is 13.2. The van der Waals surface area contributed by atoms with Gasteiger partial charge in [-0.3, -0.25) is 4.68 Å². The Labute approximate surface area is 181 Å². The summed E-state index contributed by atoms with van der Waals surface area (Å²) in [5, 5.41) is 13.8. The van der Waals surface area contributed by atoms with Crippen LogP contribution < -0.4 is 9.47 Å². The van der Waals surface area contributed by atoms with E-state index in [4.69, 9.17) is 14.7 Å². The lowest BCUT2D eigenvalue weighted by atomic mass is 10.1. The van der Waals surface area contributed by atoms with E-state index in [-0.39, 0.29) is 11.4 Å². The molecule has 0 bridgehead atoms. The minimum Gasteiger partial charge on any atom is -0.493 e. The van der Waals surface area contributed by atoms with Crippen LogP contribution in [0.4, 0.5) is 0 Å². The Kier molecular flexibility index (Phi) is 5.67. The molecule has 0 aliphatic carbocycles. The molecule has 0 saturated heterocycles. The van der Waals surface area contributed by atoms with Crippen molar-refractivity contribution < 1.29 is 17.9 Å². The maximum Gasteiger partial charge on any atom is 0.243 e. The van der Waals surface area contributed by atoms with Gasteiger partial charge in [-0.15, -0.1) is 0 Å². The normalized spacial score (nSPS) is 14.4. The first-order valence-corrected chi connectivity index (χ1v) is 11.2. The van der Waals surface area contributed by atoms with Crippen LogP contribution in [0.2, 0.25) is 0 Å². The SMILES string of the molecule is COc1ccc(-c2cc3n(n2)CCCN(S(=O)(=O)c2cccc(C#N)c2)C3)cc1OC. The van der Waals surface area contributed by atoms with Gasteiger partial charge in [0.05, 0.1) is 48.7 Å². The number of hydrogen-bond donors (Lipinski definition) is 0. The van der Waals surface area contributed by atoms with Crippen LogP contribution in [0.25, 0.3) is 11.3 Å². The molecule has 9 heteroatoms. The fourth-order valence-electron chi connectivity index (χ4n) is 3.65. The molecule has 2 aromatic carbocycles. The fraction of sp³-hybridized carbons (Fsp3) is 0.273. The molecule has 0 fully saturated rings. The van der Waals surface area contributed by atoms with E-state index in [1.807, 2.05) is 35.0 Å². The molecule has 1 aliphatic heterocycles. The van der Waals surface area contributed by atoms with Crippen molar-refractivity contribution in [3.05, 3.63) is 59.8 Å². The fourth-order valence-corrected chi connectivity index (χ4v) is 5.15. The zero-order chi connectivity index (χ0) is 22.0. The average molecular weight is 439 g/mol. The summed E-state index contributed by atoms with van der Waals surface area (Å²) in [6, 6.07) is 15.6. The Hall–Kier alpha value is -3.35. The number of fused-ring (bicyclic) bond motifs is 1. The molecule has 1 aromatic heterocycles. The third-order valence-electron chi connectivity index (χ3n) is 5.26. The molecule has 0 unspecified atom stereocenters. The zero-order valence-electron chi connectivity index (χ0n) is 17.3. The second kappa shape index (κ2) is 8.41. The van der Waals surface area contributed by atoms with Crippen LogP contribution in [0.1, 0.15) is 17.7 Å². The number of sulfonamides is 1. The third kappa shape index (κ3) is 4.00. The molecule has 1 aliphatic rings. The first kappa shape index (κ1) is 20.9. The van der Waals surface area contributed by atoms with Crippen LogP contribution in [0.15, 0.2) is 53.4 Å².